The van der Waals surface area contributed by atoms with Crippen molar-refractivity contribution in [1.82, 2.24) is 0 Å². The lowest BCUT2D eigenvalue weighted by molar-refractivity contribution is -0.153. The second kappa shape index (κ2) is 9.78. The minimum absolute atomic E-state index is 0.0739. The molecule has 0 aliphatic heterocycles. The van der Waals surface area contributed by atoms with E-state index in [4.69, 9.17) is 4.74 Å². The van der Waals surface area contributed by atoms with Gasteiger partial charge in [0.2, 0.25) is 0 Å². The lowest BCUT2D eigenvalue weighted by Crippen LogP contribution is -2.30. The third-order valence-corrected chi connectivity index (χ3v) is 4.24. The molecule has 0 aliphatic carbocycles. The van der Waals surface area contributed by atoms with E-state index in [1.807, 2.05) is 12.1 Å². The monoisotopic (exact) mass is 385 g/mol. The number of nitrogens with one attached hydrogen (secondary N) is 1. The molecular weight excluding hydrogens is 361 g/mol. The van der Waals surface area contributed by atoms with E-state index in [-0.39, 0.29) is 18.6 Å². The molecule has 5 nitrogen and oxygen atoms in total. The Bertz CT molecular complexity index is 829. The maximum Gasteiger partial charge on any atom is 0.307 e. The van der Waals surface area contributed by atoms with Gasteiger partial charge in [0.15, 0.2) is 11.9 Å². The second-order valence-electron chi connectivity index (χ2n) is 6.83. The van der Waals surface area contributed by atoms with Crippen LogP contribution in [0.3, 0.4) is 0 Å². The van der Waals surface area contributed by atoms with Crippen molar-refractivity contribution in [2.24, 2.45) is 0 Å². The predicted octanol–water partition coefficient (Wildman–Crippen LogP) is 4.48. The molecule has 0 saturated heterocycles. The van der Waals surface area contributed by atoms with Crippen molar-refractivity contribution in [2.45, 2.75) is 45.6 Å². The van der Waals surface area contributed by atoms with Crippen LogP contribution in [0.25, 0.3) is 0 Å². The number of hydrogen-bond acceptors (Lipinski definition) is 4. The van der Waals surface area contributed by atoms with E-state index in [2.05, 4.69) is 19.2 Å². The molecule has 2 aromatic carbocycles. The fourth-order valence-corrected chi connectivity index (χ4v) is 2.50. The Labute approximate surface area is 163 Å². The first-order chi connectivity index (χ1) is 13.3. The molecule has 1 amide bonds. The smallest absolute Gasteiger partial charge is 0.307 e. The molecule has 0 aliphatic rings. The zero-order valence-corrected chi connectivity index (χ0v) is 16.2. The third-order valence-electron chi connectivity index (χ3n) is 4.24. The van der Waals surface area contributed by atoms with Gasteiger partial charge in [0.25, 0.3) is 5.91 Å². The fraction of sp³-hybridized carbons (Fsp3) is 0.318. The third kappa shape index (κ3) is 6.30. The Morgan fingerprint density at radius 1 is 0.929 bits per heavy atom. The van der Waals surface area contributed by atoms with Gasteiger partial charge in [0, 0.05) is 17.7 Å². The molecule has 0 aromatic heterocycles. The van der Waals surface area contributed by atoms with Gasteiger partial charge >= 0.3 is 5.97 Å². The number of ether oxygens (including phenoxy) is 1. The minimum atomic E-state index is -0.988. The number of benzene rings is 2. The first-order valence-electron chi connectivity index (χ1n) is 9.15. The van der Waals surface area contributed by atoms with Crippen LogP contribution < -0.4 is 5.32 Å². The number of Topliss-reactive ketones (excluding diaryl/α,β-unsaturated/α-hetero) is 1. The number of rotatable bonds is 8. The average molecular weight is 385 g/mol. The van der Waals surface area contributed by atoms with Crippen LogP contribution in [0.4, 0.5) is 10.1 Å². The molecule has 1 N–H and O–H groups in total. The fourth-order valence-electron chi connectivity index (χ4n) is 2.50. The molecule has 148 valence electrons. The summed E-state index contributed by atoms with van der Waals surface area (Å²) < 4.78 is 18.0. The van der Waals surface area contributed by atoms with Crippen molar-refractivity contribution >= 4 is 23.3 Å². The largest absolute Gasteiger partial charge is 0.453 e. The molecule has 0 radical (unpaired) electrons. The Morgan fingerprint density at radius 2 is 1.54 bits per heavy atom. The van der Waals surface area contributed by atoms with Crippen LogP contribution in [0.1, 0.15) is 55.5 Å². The molecule has 2 aromatic rings. The molecular formula is C22H24FNO4. The number of hydrogen-bond donors (Lipinski definition) is 1. The number of ketones is 1. The predicted molar refractivity (Wildman–Crippen MR) is 105 cm³/mol. The summed E-state index contributed by atoms with van der Waals surface area (Å²) >= 11 is 0. The Hall–Kier alpha value is -3.02. The van der Waals surface area contributed by atoms with E-state index in [1.54, 1.807) is 12.1 Å². The molecule has 2 rings (SSSR count). The molecule has 28 heavy (non-hydrogen) atoms. The van der Waals surface area contributed by atoms with Gasteiger partial charge in [-0.05, 0) is 54.8 Å². The highest BCUT2D eigenvalue weighted by Gasteiger charge is 2.19. The van der Waals surface area contributed by atoms with Gasteiger partial charge < -0.3 is 10.1 Å². The van der Waals surface area contributed by atoms with Crippen molar-refractivity contribution in [3.8, 4) is 0 Å². The first kappa shape index (κ1) is 21.3. The van der Waals surface area contributed by atoms with Gasteiger partial charge in [-0.15, -0.1) is 0 Å². The summed E-state index contributed by atoms with van der Waals surface area (Å²) in [6.45, 7) is 5.63. The van der Waals surface area contributed by atoms with E-state index in [9.17, 15) is 18.8 Å². The quantitative estimate of drug-likeness (QED) is 0.537. The van der Waals surface area contributed by atoms with Gasteiger partial charge in [0.05, 0.1) is 6.42 Å². The molecule has 0 heterocycles. The molecule has 0 saturated carbocycles. The summed E-state index contributed by atoms with van der Waals surface area (Å²) in [6, 6.07) is 12.5. The van der Waals surface area contributed by atoms with Crippen LogP contribution in [-0.2, 0) is 14.3 Å². The lowest BCUT2D eigenvalue weighted by atomic mass is 10.0. The van der Waals surface area contributed by atoms with Gasteiger partial charge in [-0.1, -0.05) is 26.0 Å². The van der Waals surface area contributed by atoms with E-state index in [1.165, 1.54) is 31.2 Å². The minimum Gasteiger partial charge on any atom is -0.453 e. The SMILES string of the molecule is CC(C)c1ccc(NC(=O)[C@H](C)OC(=O)CCC(=O)c2ccc(F)cc2)cc1. The first-order valence-corrected chi connectivity index (χ1v) is 9.15. The van der Waals surface area contributed by atoms with Crippen LogP contribution in [0.2, 0.25) is 0 Å². The van der Waals surface area contributed by atoms with Crippen LogP contribution in [0, 0.1) is 5.82 Å². The average Bonchev–Trinajstić information content (AvgIpc) is 2.67. The number of anilines is 1. The van der Waals surface area contributed by atoms with Gasteiger partial charge in [-0.2, -0.15) is 0 Å². The molecule has 1 atom stereocenters. The van der Waals surface area contributed by atoms with Gasteiger partial charge in [-0.3, -0.25) is 14.4 Å². The van der Waals surface area contributed by atoms with E-state index in [0.29, 0.717) is 17.2 Å². The summed E-state index contributed by atoms with van der Waals surface area (Å²) in [4.78, 5) is 36.1. The Balaban J connectivity index is 1.79. The molecule has 0 fully saturated rings. The topological polar surface area (TPSA) is 72.5 Å². The van der Waals surface area contributed by atoms with Crippen LogP contribution in [0.5, 0.6) is 0 Å². The standard InChI is InChI=1S/C22H24FNO4/c1-14(2)16-6-10-19(11-7-16)24-22(27)15(3)28-21(26)13-12-20(25)17-4-8-18(23)9-5-17/h4-11,14-15H,12-13H2,1-3H3,(H,24,27)/t15-/m0/s1. The summed E-state index contributed by atoms with van der Waals surface area (Å²) in [7, 11) is 0. The van der Waals surface area contributed by atoms with Crippen LogP contribution in [-0.4, -0.2) is 23.8 Å². The summed E-state index contributed by atoms with van der Waals surface area (Å²) in [5.41, 5.74) is 2.09. The number of carbonyl (C=O) groups excluding carboxylic acids is 3. The number of carbonyl (C=O) groups is 3. The van der Waals surface area contributed by atoms with Crippen LogP contribution in [0.15, 0.2) is 48.5 Å². The number of esters is 1. The van der Waals surface area contributed by atoms with Crippen molar-refractivity contribution in [1.29, 1.82) is 0 Å². The van der Waals surface area contributed by atoms with Gasteiger partial charge in [0.1, 0.15) is 5.82 Å². The Morgan fingerprint density at radius 3 is 2.11 bits per heavy atom. The second-order valence-corrected chi connectivity index (χ2v) is 6.83. The van der Waals surface area contributed by atoms with Crippen molar-refractivity contribution in [3.63, 3.8) is 0 Å². The maximum absolute atomic E-state index is 12.9. The highest BCUT2D eigenvalue weighted by molar-refractivity contribution is 5.98. The zero-order chi connectivity index (χ0) is 20.7. The highest BCUT2D eigenvalue weighted by atomic mass is 19.1. The zero-order valence-electron chi connectivity index (χ0n) is 16.2. The lowest BCUT2D eigenvalue weighted by Gasteiger charge is -2.14. The van der Waals surface area contributed by atoms with Crippen molar-refractivity contribution < 1.29 is 23.5 Å². The molecule has 0 unspecified atom stereocenters. The van der Waals surface area contributed by atoms with E-state index < -0.39 is 23.8 Å². The highest BCUT2D eigenvalue weighted by Crippen LogP contribution is 2.17. The van der Waals surface area contributed by atoms with Crippen molar-refractivity contribution in [3.05, 3.63) is 65.5 Å². The molecule has 0 bridgehead atoms. The molecule has 6 heteroatoms. The van der Waals surface area contributed by atoms with Crippen molar-refractivity contribution in [2.75, 3.05) is 5.32 Å². The van der Waals surface area contributed by atoms with Crippen LogP contribution >= 0.6 is 0 Å². The summed E-state index contributed by atoms with van der Waals surface area (Å²) in [6.07, 6.45) is -1.22. The number of amides is 1. The van der Waals surface area contributed by atoms with E-state index >= 15 is 0 Å². The van der Waals surface area contributed by atoms with E-state index in [0.717, 1.165) is 5.56 Å². The van der Waals surface area contributed by atoms with Gasteiger partial charge in [-0.25, -0.2) is 4.39 Å². The normalized spacial score (nSPS) is 11.8. The number of halogens is 1. The maximum atomic E-state index is 12.9. The Kier molecular flexibility index (Phi) is 7.44. The summed E-state index contributed by atoms with van der Waals surface area (Å²) in [5, 5.41) is 2.69. The molecule has 0 spiro atoms. The summed E-state index contributed by atoms with van der Waals surface area (Å²) in [5.74, 6) is -1.43.